The van der Waals surface area contributed by atoms with Gasteiger partial charge >= 0.3 is 20.8 Å². The van der Waals surface area contributed by atoms with Crippen LogP contribution in [0.3, 0.4) is 0 Å². The van der Waals surface area contributed by atoms with Crippen molar-refractivity contribution in [2.45, 2.75) is 18.9 Å². The van der Waals surface area contributed by atoms with Crippen LogP contribution in [-0.2, 0) is 37.3 Å². The molecule has 11 nitrogen and oxygen atoms in total. The number of likely N-dealkylation sites (N-methyl/N-ethyl adjacent to an activating group) is 1. The van der Waals surface area contributed by atoms with Gasteiger partial charge in [-0.25, -0.2) is 0 Å². The fraction of sp³-hybridized carbons (Fsp3) is 0.412. The minimum absolute atomic E-state index is 0.437. The van der Waals surface area contributed by atoms with E-state index in [1.54, 1.807) is 14.2 Å². The molecule has 30 heavy (non-hydrogen) atoms. The lowest BCUT2D eigenvalue weighted by Crippen LogP contribution is -2.35. The van der Waals surface area contributed by atoms with Gasteiger partial charge in [-0.1, -0.05) is 0 Å². The number of nitrogens with zero attached hydrogens (tertiary/aromatic N) is 1. The van der Waals surface area contributed by atoms with E-state index in [-0.39, 0.29) is 0 Å². The molecule has 0 spiro atoms. The third-order valence-corrected chi connectivity index (χ3v) is 6.46. The second-order valence-corrected chi connectivity index (χ2v) is 9.08. The highest BCUT2D eigenvalue weighted by molar-refractivity contribution is 7.94. The van der Waals surface area contributed by atoms with Gasteiger partial charge in [-0.2, -0.15) is 16.8 Å². The summed E-state index contributed by atoms with van der Waals surface area (Å²) >= 11 is 0. The Balaban J connectivity index is 0.000000244. The van der Waals surface area contributed by atoms with E-state index in [0.29, 0.717) is 6.04 Å². The SMILES string of the molecule is COc1cc2c3c(c1OC)-c1c[nH]cc1CC3N(C)CC2.O=S(=O)(O)OS(=O)(=O)O. The fourth-order valence-electron chi connectivity index (χ4n) is 3.96. The van der Waals surface area contributed by atoms with E-state index < -0.39 is 20.8 Å². The Kier molecular flexibility index (Phi) is 6.13. The van der Waals surface area contributed by atoms with Crippen molar-refractivity contribution >= 4 is 20.8 Å². The van der Waals surface area contributed by atoms with Gasteiger partial charge in [-0.05, 0) is 42.6 Å². The highest BCUT2D eigenvalue weighted by Gasteiger charge is 2.36. The second-order valence-electron chi connectivity index (χ2n) is 6.83. The molecule has 2 aliphatic rings. The van der Waals surface area contributed by atoms with Crippen LogP contribution in [0.1, 0.15) is 22.7 Å². The molecule has 1 atom stereocenters. The molecule has 3 N–H and O–H groups in total. The summed E-state index contributed by atoms with van der Waals surface area (Å²) in [6, 6.07) is 2.60. The summed E-state index contributed by atoms with van der Waals surface area (Å²) in [5.74, 6) is 1.70. The van der Waals surface area contributed by atoms with Gasteiger partial charge in [0.15, 0.2) is 11.5 Å². The van der Waals surface area contributed by atoms with Gasteiger partial charge in [0.05, 0.1) is 14.2 Å². The lowest BCUT2D eigenvalue weighted by molar-refractivity contribution is 0.227. The van der Waals surface area contributed by atoms with Gasteiger partial charge in [0.2, 0.25) is 0 Å². The number of aromatic nitrogens is 1. The normalized spacial score (nSPS) is 18.0. The van der Waals surface area contributed by atoms with Gasteiger partial charge < -0.3 is 14.5 Å². The number of methoxy groups -OCH3 is 2. The average molecular weight is 463 g/mol. The highest BCUT2D eigenvalue weighted by Crippen LogP contribution is 2.52. The second kappa shape index (κ2) is 8.17. The van der Waals surface area contributed by atoms with Crippen molar-refractivity contribution in [1.82, 2.24) is 9.88 Å². The standard InChI is InChI=1S/C17H20N2O2.H2O7S2/c1-19-5-4-10-7-14(20-2)17(21-3)16-12-9-18-8-11(12)6-13(19)15(10)16;1-8(2,3)7-9(4,5)6/h7-9,13,18H,4-6H2,1-3H3;(H,1,2,3)(H,4,5,6). The predicted octanol–water partition coefficient (Wildman–Crippen LogP) is 1.39. The number of rotatable bonds is 4. The third-order valence-electron chi connectivity index (χ3n) is 5.08. The summed E-state index contributed by atoms with van der Waals surface area (Å²) < 4.78 is 66.9. The molecule has 0 radical (unpaired) electrons. The monoisotopic (exact) mass is 462 g/mol. The molecular formula is C17H22N2O9S2. The van der Waals surface area contributed by atoms with Crippen molar-refractivity contribution in [2.24, 2.45) is 0 Å². The third kappa shape index (κ3) is 4.61. The molecule has 2 heterocycles. The van der Waals surface area contributed by atoms with Crippen LogP contribution in [0.2, 0.25) is 0 Å². The summed E-state index contributed by atoms with van der Waals surface area (Å²) in [5, 5.41) is 0. The minimum atomic E-state index is -5.12. The summed E-state index contributed by atoms with van der Waals surface area (Å²) in [7, 11) is -4.59. The van der Waals surface area contributed by atoms with Crippen molar-refractivity contribution in [3.63, 3.8) is 0 Å². The maximum absolute atomic E-state index is 9.44. The molecule has 0 amide bonds. The van der Waals surface area contributed by atoms with Gasteiger partial charge in [0.1, 0.15) is 0 Å². The van der Waals surface area contributed by atoms with E-state index in [2.05, 4.69) is 39.0 Å². The maximum Gasteiger partial charge on any atom is 0.413 e. The predicted molar refractivity (Wildman–Crippen MR) is 106 cm³/mol. The molecule has 13 heteroatoms. The number of fused-ring (bicyclic) bond motifs is 2. The van der Waals surface area contributed by atoms with E-state index in [9.17, 15) is 16.8 Å². The van der Waals surface area contributed by atoms with Crippen LogP contribution in [0.4, 0.5) is 0 Å². The van der Waals surface area contributed by atoms with Crippen molar-refractivity contribution in [1.29, 1.82) is 0 Å². The zero-order valence-corrected chi connectivity index (χ0v) is 18.1. The van der Waals surface area contributed by atoms with Crippen LogP contribution >= 0.6 is 0 Å². The molecule has 0 saturated heterocycles. The maximum atomic E-state index is 9.44. The Morgan fingerprint density at radius 1 is 1.07 bits per heavy atom. The Morgan fingerprint density at radius 3 is 2.27 bits per heavy atom. The molecule has 0 fully saturated rings. The molecule has 1 aliphatic carbocycles. The zero-order chi connectivity index (χ0) is 22.3. The van der Waals surface area contributed by atoms with E-state index in [1.165, 1.54) is 27.8 Å². The Hall–Kier alpha value is -2.16. The molecule has 166 valence electrons. The molecule has 1 aliphatic heterocycles. The molecule has 1 aromatic heterocycles. The summed E-state index contributed by atoms with van der Waals surface area (Å²) in [4.78, 5) is 5.71. The van der Waals surface area contributed by atoms with E-state index in [0.717, 1.165) is 30.9 Å². The molecule has 0 bridgehead atoms. The zero-order valence-electron chi connectivity index (χ0n) is 16.4. The first-order valence-corrected chi connectivity index (χ1v) is 11.5. The van der Waals surface area contributed by atoms with Crippen LogP contribution in [0.25, 0.3) is 11.1 Å². The van der Waals surface area contributed by atoms with Gasteiger partial charge in [-0.15, -0.1) is 3.63 Å². The van der Waals surface area contributed by atoms with Gasteiger partial charge in [-0.3, -0.25) is 14.0 Å². The van der Waals surface area contributed by atoms with Gasteiger partial charge in [0.25, 0.3) is 0 Å². The smallest absolute Gasteiger partial charge is 0.413 e. The van der Waals surface area contributed by atoms with E-state index in [4.69, 9.17) is 18.6 Å². The molecule has 1 aromatic carbocycles. The van der Waals surface area contributed by atoms with Crippen LogP contribution in [-0.4, -0.2) is 63.6 Å². The van der Waals surface area contributed by atoms with Crippen molar-refractivity contribution in [3.05, 3.63) is 35.2 Å². The Morgan fingerprint density at radius 2 is 1.73 bits per heavy atom. The topological polar surface area (TPSA) is 155 Å². The Labute approximate surface area is 174 Å². The lowest BCUT2D eigenvalue weighted by Gasteiger charge is -2.39. The van der Waals surface area contributed by atoms with Crippen LogP contribution in [0.15, 0.2) is 18.5 Å². The number of hydrogen-bond acceptors (Lipinski definition) is 8. The first-order valence-electron chi connectivity index (χ1n) is 8.75. The molecular weight excluding hydrogens is 440 g/mol. The summed E-state index contributed by atoms with van der Waals surface area (Å²) in [6.45, 7) is 1.09. The average Bonchev–Trinajstić information content (AvgIpc) is 3.09. The van der Waals surface area contributed by atoms with Crippen molar-refractivity contribution in [2.75, 3.05) is 27.8 Å². The minimum Gasteiger partial charge on any atom is -0.493 e. The number of benzene rings is 1. The van der Waals surface area contributed by atoms with E-state index >= 15 is 0 Å². The van der Waals surface area contributed by atoms with Crippen LogP contribution in [0.5, 0.6) is 11.5 Å². The summed E-state index contributed by atoms with van der Waals surface area (Å²) in [6.07, 6.45) is 6.32. The first-order chi connectivity index (χ1) is 13.9. The molecule has 4 rings (SSSR count). The first kappa shape index (κ1) is 22.5. The fourth-order valence-corrected chi connectivity index (χ4v) is 4.83. The number of aromatic amines is 1. The highest BCUT2D eigenvalue weighted by atomic mass is 32.3. The number of nitrogens with one attached hydrogen (secondary N) is 1. The van der Waals surface area contributed by atoms with Crippen molar-refractivity contribution < 1.29 is 39.0 Å². The number of ether oxygens (including phenoxy) is 2. The van der Waals surface area contributed by atoms with Crippen molar-refractivity contribution in [3.8, 4) is 22.6 Å². The van der Waals surface area contributed by atoms with Gasteiger partial charge in [0, 0.05) is 36.1 Å². The van der Waals surface area contributed by atoms with Crippen LogP contribution in [0, 0.1) is 0 Å². The lowest BCUT2D eigenvalue weighted by atomic mass is 9.78. The largest absolute Gasteiger partial charge is 0.493 e. The Bertz CT molecular complexity index is 1130. The number of hydrogen-bond donors (Lipinski definition) is 3. The molecule has 1 unspecified atom stereocenters. The summed E-state index contributed by atoms with van der Waals surface area (Å²) in [5.41, 5.74) is 6.66. The number of H-pyrrole nitrogens is 1. The molecule has 0 saturated carbocycles. The van der Waals surface area contributed by atoms with Crippen LogP contribution < -0.4 is 9.47 Å². The quantitative estimate of drug-likeness (QED) is 0.568. The van der Waals surface area contributed by atoms with E-state index in [1.807, 2.05) is 0 Å². The molecule has 2 aromatic rings.